The van der Waals surface area contributed by atoms with Crippen LogP contribution in [-0.2, 0) is 4.74 Å². The topological polar surface area (TPSA) is 46.2 Å². The first-order chi connectivity index (χ1) is 9.93. The summed E-state index contributed by atoms with van der Waals surface area (Å²) >= 11 is 1.75. The Morgan fingerprint density at radius 3 is 3.15 bits per heavy atom. The van der Waals surface area contributed by atoms with E-state index >= 15 is 0 Å². The van der Waals surface area contributed by atoms with Gasteiger partial charge in [0.1, 0.15) is 5.82 Å². The van der Waals surface area contributed by atoms with Gasteiger partial charge in [0.05, 0.1) is 6.10 Å². The van der Waals surface area contributed by atoms with E-state index in [2.05, 4.69) is 33.1 Å². The maximum Gasteiger partial charge on any atom is 0.134 e. The second-order valence-corrected chi connectivity index (χ2v) is 6.04. The average molecular weight is 291 g/mol. The van der Waals surface area contributed by atoms with E-state index in [-0.39, 0.29) is 0 Å². The Morgan fingerprint density at radius 1 is 1.35 bits per heavy atom. The standard InChI is InChI=1S/C15H21N3OS/c1(10-19-12-2-7-16-8-3-12)6-17-15-13-5-11-20-14(13)4-9-18-15/h4-5,9,11-12,16H,1-3,6-8,10H2,(H,17,18). The Labute approximate surface area is 123 Å². The molecule has 0 saturated carbocycles. The maximum absolute atomic E-state index is 5.90. The van der Waals surface area contributed by atoms with Crippen LogP contribution in [0, 0.1) is 0 Å². The summed E-state index contributed by atoms with van der Waals surface area (Å²) in [6.45, 7) is 3.92. The normalized spacial score (nSPS) is 16.6. The molecule has 1 aliphatic heterocycles. The minimum Gasteiger partial charge on any atom is -0.378 e. The van der Waals surface area contributed by atoms with Crippen LogP contribution in [0.2, 0.25) is 0 Å². The molecule has 1 fully saturated rings. The van der Waals surface area contributed by atoms with E-state index < -0.39 is 0 Å². The predicted molar refractivity (Wildman–Crippen MR) is 84.6 cm³/mol. The second kappa shape index (κ2) is 7.02. The molecule has 0 bridgehead atoms. The third kappa shape index (κ3) is 3.48. The van der Waals surface area contributed by atoms with Crippen molar-refractivity contribution in [3.8, 4) is 0 Å². The molecule has 0 amide bonds. The van der Waals surface area contributed by atoms with E-state index in [1.54, 1.807) is 11.3 Å². The molecular weight excluding hydrogens is 270 g/mol. The van der Waals surface area contributed by atoms with Crippen molar-refractivity contribution < 1.29 is 4.74 Å². The molecule has 2 aromatic rings. The molecule has 1 saturated heterocycles. The van der Waals surface area contributed by atoms with Gasteiger partial charge in [-0.15, -0.1) is 11.3 Å². The summed E-state index contributed by atoms with van der Waals surface area (Å²) in [6.07, 6.45) is 5.63. The van der Waals surface area contributed by atoms with Crippen LogP contribution in [0.4, 0.5) is 5.82 Å². The average Bonchev–Trinajstić information content (AvgIpc) is 2.97. The molecule has 20 heavy (non-hydrogen) atoms. The number of hydrogen-bond acceptors (Lipinski definition) is 5. The van der Waals surface area contributed by atoms with E-state index in [0.29, 0.717) is 6.10 Å². The predicted octanol–water partition coefficient (Wildman–Crippen LogP) is 2.87. The Balaban J connectivity index is 1.40. The number of hydrogen-bond donors (Lipinski definition) is 2. The van der Waals surface area contributed by atoms with E-state index in [0.717, 1.165) is 51.3 Å². The molecule has 4 nitrogen and oxygen atoms in total. The highest BCUT2D eigenvalue weighted by atomic mass is 32.1. The Hall–Kier alpha value is -1.17. The fourth-order valence-corrected chi connectivity index (χ4v) is 3.31. The highest BCUT2D eigenvalue weighted by Gasteiger charge is 2.12. The lowest BCUT2D eigenvalue weighted by molar-refractivity contribution is 0.0329. The van der Waals surface area contributed by atoms with Crippen molar-refractivity contribution >= 4 is 27.2 Å². The van der Waals surface area contributed by atoms with Gasteiger partial charge >= 0.3 is 0 Å². The molecule has 3 heterocycles. The number of rotatable bonds is 6. The van der Waals surface area contributed by atoms with Crippen LogP contribution in [0.5, 0.6) is 0 Å². The molecule has 0 radical (unpaired) electrons. The third-order valence-corrected chi connectivity index (χ3v) is 4.52. The van der Waals surface area contributed by atoms with Gasteiger partial charge in [0, 0.05) is 29.4 Å². The van der Waals surface area contributed by atoms with E-state index in [1.165, 1.54) is 10.1 Å². The highest BCUT2D eigenvalue weighted by molar-refractivity contribution is 7.17. The summed E-state index contributed by atoms with van der Waals surface area (Å²) in [5, 5.41) is 10.1. The molecule has 5 heteroatoms. The van der Waals surface area contributed by atoms with Gasteiger partial charge < -0.3 is 15.4 Å². The molecule has 0 aromatic carbocycles. The van der Waals surface area contributed by atoms with Crippen molar-refractivity contribution in [3.63, 3.8) is 0 Å². The quantitative estimate of drug-likeness (QED) is 0.803. The SMILES string of the molecule is c1cc2sccc2c(NCCCOC2CCNCC2)n1. The number of fused-ring (bicyclic) bond motifs is 1. The van der Waals surface area contributed by atoms with Crippen LogP contribution in [0.3, 0.4) is 0 Å². The number of piperidine rings is 1. The number of nitrogens with one attached hydrogen (secondary N) is 2. The molecule has 2 aromatic heterocycles. The summed E-state index contributed by atoms with van der Waals surface area (Å²) in [7, 11) is 0. The zero-order valence-electron chi connectivity index (χ0n) is 11.6. The monoisotopic (exact) mass is 291 g/mol. The van der Waals surface area contributed by atoms with Gasteiger partial charge in [0.2, 0.25) is 0 Å². The molecule has 108 valence electrons. The summed E-state index contributed by atoms with van der Waals surface area (Å²) < 4.78 is 7.18. The summed E-state index contributed by atoms with van der Waals surface area (Å²) in [6, 6.07) is 4.19. The molecular formula is C15H21N3OS. The molecule has 0 aliphatic carbocycles. The first kappa shape index (κ1) is 13.8. The molecule has 0 atom stereocenters. The van der Waals surface area contributed by atoms with Crippen molar-refractivity contribution in [1.29, 1.82) is 0 Å². The van der Waals surface area contributed by atoms with E-state index in [4.69, 9.17) is 4.74 Å². The lowest BCUT2D eigenvalue weighted by Gasteiger charge is -2.22. The molecule has 0 spiro atoms. The van der Waals surface area contributed by atoms with Gasteiger partial charge in [0.25, 0.3) is 0 Å². The van der Waals surface area contributed by atoms with Crippen molar-refractivity contribution in [2.75, 3.05) is 31.6 Å². The first-order valence-electron chi connectivity index (χ1n) is 7.32. The van der Waals surface area contributed by atoms with Crippen LogP contribution < -0.4 is 10.6 Å². The fourth-order valence-electron chi connectivity index (χ4n) is 2.53. The van der Waals surface area contributed by atoms with Crippen molar-refractivity contribution in [2.24, 2.45) is 0 Å². The van der Waals surface area contributed by atoms with Gasteiger partial charge in [-0.05, 0) is 49.9 Å². The summed E-state index contributed by atoms with van der Waals surface area (Å²) in [5.74, 6) is 0.991. The van der Waals surface area contributed by atoms with Gasteiger partial charge in [0.15, 0.2) is 0 Å². The van der Waals surface area contributed by atoms with Gasteiger partial charge in [-0.25, -0.2) is 4.98 Å². The number of aromatic nitrogens is 1. The van der Waals surface area contributed by atoms with Crippen molar-refractivity contribution in [2.45, 2.75) is 25.4 Å². The summed E-state index contributed by atoms with van der Waals surface area (Å²) in [5.41, 5.74) is 0. The third-order valence-electron chi connectivity index (χ3n) is 3.63. The van der Waals surface area contributed by atoms with Crippen molar-refractivity contribution in [1.82, 2.24) is 10.3 Å². The Morgan fingerprint density at radius 2 is 2.25 bits per heavy atom. The Kier molecular flexibility index (Phi) is 4.84. The molecule has 0 unspecified atom stereocenters. The van der Waals surface area contributed by atoms with Crippen LogP contribution in [0.1, 0.15) is 19.3 Å². The zero-order chi connectivity index (χ0) is 13.6. The lowest BCUT2D eigenvalue weighted by Crippen LogP contribution is -2.32. The second-order valence-electron chi connectivity index (χ2n) is 5.09. The fraction of sp³-hybridized carbons (Fsp3) is 0.533. The van der Waals surface area contributed by atoms with Crippen LogP contribution in [0.15, 0.2) is 23.7 Å². The van der Waals surface area contributed by atoms with Gasteiger partial charge in [-0.1, -0.05) is 0 Å². The number of ether oxygens (including phenoxy) is 1. The smallest absolute Gasteiger partial charge is 0.134 e. The van der Waals surface area contributed by atoms with E-state index in [1.807, 2.05) is 6.20 Å². The lowest BCUT2D eigenvalue weighted by atomic mass is 10.1. The zero-order valence-corrected chi connectivity index (χ0v) is 12.4. The van der Waals surface area contributed by atoms with Crippen molar-refractivity contribution in [3.05, 3.63) is 23.7 Å². The Bertz CT molecular complexity index is 537. The molecule has 3 rings (SSSR count). The largest absolute Gasteiger partial charge is 0.378 e. The number of thiophene rings is 1. The van der Waals surface area contributed by atoms with Gasteiger partial charge in [-0.2, -0.15) is 0 Å². The first-order valence-corrected chi connectivity index (χ1v) is 8.20. The molecule has 1 aliphatic rings. The minimum absolute atomic E-state index is 0.453. The van der Waals surface area contributed by atoms with Crippen LogP contribution in [0.25, 0.3) is 10.1 Å². The number of nitrogens with zero attached hydrogens (tertiary/aromatic N) is 1. The summed E-state index contributed by atoms with van der Waals surface area (Å²) in [4.78, 5) is 4.41. The van der Waals surface area contributed by atoms with Crippen LogP contribution in [-0.4, -0.2) is 37.3 Å². The van der Waals surface area contributed by atoms with E-state index in [9.17, 15) is 0 Å². The maximum atomic E-state index is 5.90. The number of pyridine rings is 1. The highest BCUT2D eigenvalue weighted by Crippen LogP contribution is 2.25. The number of anilines is 1. The van der Waals surface area contributed by atoms with Gasteiger partial charge in [-0.3, -0.25) is 0 Å². The van der Waals surface area contributed by atoms with Crippen LogP contribution >= 0.6 is 11.3 Å². The molecule has 2 N–H and O–H groups in total. The minimum atomic E-state index is 0.453.